The van der Waals surface area contributed by atoms with E-state index in [1.165, 1.54) is 11.1 Å². The molecular formula is C45H28N4O. The van der Waals surface area contributed by atoms with Gasteiger partial charge in [-0.3, -0.25) is 4.57 Å². The standard InChI is InChI=1S/C45H28N4O/c1-3-12-29(13-4-1)30-22-24-31(25-23-30)33-26-27-36-41(28-33)50-40-21-11-18-37(42(36)40)44-46-43(32-14-5-2-6-15-32)47-45(48-44)49-38-19-9-7-16-34(38)35-17-8-10-20-39(35)49/h1-28H. The zero-order chi connectivity index (χ0) is 33.0. The molecule has 5 heteroatoms. The Morgan fingerprint density at radius 3 is 1.64 bits per heavy atom. The molecular weight excluding hydrogens is 613 g/mol. The predicted molar refractivity (Wildman–Crippen MR) is 203 cm³/mol. The first-order chi connectivity index (χ1) is 24.8. The van der Waals surface area contributed by atoms with Crippen LogP contribution in [0.3, 0.4) is 0 Å². The van der Waals surface area contributed by atoms with E-state index in [2.05, 4.69) is 126 Å². The lowest BCUT2D eigenvalue weighted by Gasteiger charge is -2.11. The molecule has 234 valence electrons. The summed E-state index contributed by atoms with van der Waals surface area (Å²) in [5, 5.41) is 4.30. The highest BCUT2D eigenvalue weighted by atomic mass is 16.3. The third kappa shape index (κ3) is 4.60. The number of fused-ring (bicyclic) bond motifs is 6. The smallest absolute Gasteiger partial charge is 0.238 e. The Labute approximate surface area is 287 Å². The molecule has 0 aliphatic carbocycles. The van der Waals surface area contributed by atoms with Crippen molar-refractivity contribution in [3.05, 3.63) is 170 Å². The summed E-state index contributed by atoms with van der Waals surface area (Å²) in [6, 6.07) is 58.6. The number of furan rings is 1. The minimum Gasteiger partial charge on any atom is -0.456 e. The molecule has 0 aliphatic rings. The van der Waals surface area contributed by atoms with Gasteiger partial charge in [0.25, 0.3) is 0 Å². The summed E-state index contributed by atoms with van der Waals surface area (Å²) in [6.45, 7) is 0. The van der Waals surface area contributed by atoms with Crippen molar-refractivity contribution in [3.8, 4) is 51.0 Å². The van der Waals surface area contributed by atoms with Crippen LogP contribution >= 0.6 is 0 Å². The second-order valence-corrected chi connectivity index (χ2v) is 12.5. The van der Waals surface area contributed by atoms with Crippen molar-refractivity contribution in [2.75, 3.05) is 0 Å². The maximum absolute atomic E-state index is 6.53. The van der Waals surface area contributed by atoms with Gasteiger partial charge in [-0.2, -0.15) is 9.97 Å². The number of rotatable bonds is 5. The van der Waals surface area contributed by atoms with Crippen LogP contribution in [0.2, 0.25) is 0 Å². The Kier molecular flexibility index (Phi) is 6.42. The minimum atomic E-state index is 0.567. The highest BCUT2D eigenvalue weighted by Gasteiger charge is 2.20. The van der Waals surface area contributed by atoms with Crippen molar-refractivity contribution < 1.29 is 4.42 Å². The normalized spacial score (nSPS) is 11.6. The number of aromatic nitrogens is 4. The van der Waals surface area contributed by atoms with Gasteiger partial charge in [0, 0.05) is 32.7 Å². The van der Waals surface area contributed by atoms with E-state index in [-0.39, 0.29) is 0 Å². The molecule has 0 atom stereocenters. The first-order valence-electron chi connectivity index (χ1n) is 16.7. The van der Waals surface area contributed by atoms with Gasteiger partial charge in [-0.1, -0.05) is 140 Å². The maximum Gasteiger partial charge on any atom is 0.238 e. The Bertz CT molecular complexity index is 2800. The third-order valence-electron chi connectivity index (χ3n) is 9.50. The molecule has 3 heterocycles. The van der Waals surface area contributed by atoms with Gasteiger partial charge in [-0.15, -0.1) is 0 Å². The van der Waals surface area contributed by atoms with Crippen LogP contribution in [0.1, 0.15) is 0 Å². The zero-order valence-corrected chi connectivity index (χ0v) is 26.9. The number of hydrogen-bond donors (Lipinski definition) is 0. The first kappa shape index (κ1) is 28.2. The third-order valence-corrected chi connectivity index (χ3v) is 9.50. The van der Waals surface area contributed by atoms with Crippen molar-refractivity contribution in [3.63, 3.8) is 0 Å². The average molecular weight is 641 g/mol. The van der Waals surface area contributed by atoms with Crippen molar-refractivity contribution in [2.45, 2.75) is 0 Å². The van der Waals surface area contributed by atoms with Crippen LogP contribution in [-0.4, -0.2) is 19.5 Å². The molecule has 5 nitrogen and oxygen atoms in total. The molecule has 10 aromatic rings. The summed E-state index contributed by atoms with van der Waals surface area (Å²) in [7, 11) is 0. The van der Waals surface area contributed by atoms with Gasteiger partial charge in [-0.05, 0) is 52.6 Å². The quantitative estimate of drug-likeness (QED) is 0.188. The zero-order valence-electron chi connectivity index (χ0n) is 26.9. The topological polar surface area (TPSA) is 56.7 Å². The summed E-state index contributed by atoms with van der Waals surface area (Å²) in [6.07, 6.45) is 0. The maximum atomic E-state index is 6.53. The fourth-order valence-corrected chi connectivity index (χ4v) is 7.12. The van der Waals surface area contributed by atoms with Crippen molar-refractivity contribution in [1.29, 1.82) is 0 Å². The van der Waals surface area contributed by atoms with Gasteiger partial charge in [0.2, 0.25) is 5.95 Å². The summed E-state index contributed by atoms with van der Waals surface area (Å²) in [5.41, 5.74) is 10.1. The fraction of sp³-hybridized carbons (Fsp3) is 0. The minimum absolute atomic E-state index is 0.567. The SMILES string of the molecule is c1ccc(-c2ccc(-c3ccc4c(c3)oc3cccc(-c5nc(-c6ccccc6)nc(-n6c7ccccc7c7ccccc76)n5)c34)cc2)cc1. The largest absolute Gasteiger partial charge is 0.456 e. The molecule has 0 N–H and O–H groups in total. The van der Waals surface area contributed by atoms with Crippen LogP contribution in [0.4, 0.5) is 0 Å². The Hall–Kier alpha value is -6.85. The lowest BCUT2D eigenvalue weighted by atomic mass is 9.99. The Morgan fingerprint density at radius 2 is 0.940 bits per heavy atom. The van der Waals surface area contributed by atoms with Crippen molar-refractivity contribution >= 4 is 43.7 Å². The fourth-order valence-electron chi connectivity index (χ4n) is 7.12. The lowest BCUT2D eigenvalue weighted by molar-refractivity contribution is 0.669. The Morgan fingerprint density at radius 1 is 0.380 bits per heavy atom. The van der Waals surface area contributed by atoms with Crippen LogP contribution < -0.4 is 0 Å². The molecule has 0 saturated heterocycles. The molecule has 0 spiro atoms. The summed E-state index contributed by atoms with van der Waals surface area (Å²) in [5.74, 6) is 1.76. The Balaban J connectivity index is 1.15. The molecule has 0 unspecified atom stereocenters. The van der Waals surface area contributed by atoms with Gasteiger partial charge < -0.3 is 4.42 Å². The van der Waals surface area contributed by atoms with Gasteiger partial charge in [0.05, 0.1) is 11.0 Å². The molecule has 0 radical (unpaired) electrons. The number of nitrogens with zero attached hydrogens (tertiary/aromatic N) is 4. The van der Waals surface area contributed by atoms with Gasteiger partial charge in [0.1, 0.15) is 11.2 Å². The van der Waals surface area contributed by atoms with Gasteiger partial charge in [-0.25, -0.2) is 4.98 Å². The second kappa shape index (κ2) is 11.4. The molecule has 0 fully saturated rings. The van der Waals surface area contributed by atoms with E-state index in [0.717, 1.165) is 66.0 Å². The molecule has 3 aromatic heterocycles. The van der Waals surface area contributed by atoms with Gasteiger partial charge in [0.15, 0.2) is 11.6 Å². The van der Waals surface area contributed by atoms with E-state index in [1.807, 2.05) is 48.5 Å². The second-order valence-electron chi connectivity index (χ2n) is 12.5. The van der Waals surface area contributed by atoms with E-state index in [9.17, 15) is 0 Å². The highest BCUT2D eigenvalue weighted by molar-refractivity contribution is 6.13. The lowest BCUT2D eigenvalue weighted by Crippen LogP contribution is -2.06. The van der Waals surface area contributed by atoms with E-state index in [0.29, 0.717) is 17.6 Å². The van der Waals surface area contributed by atoms with Crippen molar-refractivity contribution in [1.82, 2.24) is 19.5 Å². The molecule has 0 amide bonds. The van der Waals surface area contributed by atoms with E-state index in [4.69, 9.17) is 19.4 Å². The van der Waals surface area contributed by atoms with Crippen LogP contribution in [0.25, 0.3) is 94.7 Å². The monoisotopic (exact) mass is 640 g/mol. The molecule has 0 bridgehead atoms. The van der Waals surface area contributed by atoms with Gasteiger partial charge >= 0.3 is 0 Å². The van der Waals surface area contributed by atoms with Crippen molar-refractivity contribution in [2.24, 2.45) is 0 Å². The van der Waals surface area contributed by atoms with Crippen LogP contribution in [-0.2, 0) is 0 Å². The van der Waals surface area contributed by atoms with Crippen LogP contribution in [0.15, 0.2) is 174 Å². The molecule has 0 aliphatic heterocycles. The molecule has 7 aromatic carbocycles. The van der Waals surface area contributed by atoms with Crippen LogP contribution in [0.5, 0.6) is 0 Å². The molecule has 10 rings (SSSR count). The number of para-hydroxylation sites is 2. The summed E-state index contributed by atoms with van der Waals surface area (Å²) < 4.78 is 8.67. The number of hydrogen-bond acceptors (Lipinski definition) is 4. The van der Waals surface area contributed by atoms with Crippen LogP contribution in [0, 0.1) is 0 Å². The highest BCUT2D eigenvalue weighted by Crippen LogP contribution is 2.39. The van der Waals surface area contributed by atoms with E-state index in [1.54, 1.807) is 0 Å². The summed E-state index contributed by atoms with van der Waals surface area (Å²) in [4.78, 5) is 15.4. The first-order valence-corrected chi connectivity index (χ1v) is 16.7. The predicted octanol–water partition coefficient (Wildman–Crippen LogP) is 11.5. The molecule has 0 saturated carbocycles. The number of benzene rings is 7. The average Bonchev–Trinajstić information content (AvgIpc) is 3.74. The molecule has 50 heavy (non-hydrogen) atoms. The summed E-state index contributed by atoms with van der Waals surface area (Å²) >= 11 is 0. The van der Waals surface area contributed by atoms with E-state index < -0.39 is 0 Å². The van der Waals surface area contributed by atoms with E-state index >= 15 is 0 Å².